The summed E-state index contributed by atoms with van der Waals surface area (Å²) < 4.78 is 10.2. The molecule has 0 radical (unpaired) electrons. The number of nitrogens with two attached hydrogens (primary N) is 1. The third-order valence-corrected chi connectivity index (χ3v) is 5.79. The third-order valence-electron chi connectivity index (χ3n) is 5.79. The van der Waals surface area contributed by atoms with Gasteiger partial charge in [-0.05, 0) is 55.5 Å². The van der Waals surface area contributed by atoms with Gasteiger partial charge in [-0.1, -0.05) is 30.3 Å². The fourth-order valence-corrected chi connectivity index (χ4v) is 4.00. The van der Waals surface area contributed by atoms with E-state index in [0.29, 0.717) is 36.4 Å². The van der Waals surface area contributed by atoms with Crippen LogP contribution in [-0.4, -0.2) is 54.5 Å². The summed E-state index contributed by atoms with van der Waals surface area (Å²) in [5.74, 6) is -0.442. The van der Waals surface area contributed by atoms with E-state index in [4.69, 9.17) is 15.2 Å². The number of nitrogens with one attached hydrogen (secondary N) is 1. The van der Waals surface area contributed by atoms with Crippen molar-refractivity contribution in [3.05, 3.63) is 65.2 Å². The van der Waals surface area contributed by atoms with E-state index in [1.54, 1.807) is 60.4 Å². The highest BCUT2D eigenvalue weighted by Crippen LogP contribution is 2.20. The van der Waals surface area contributed by atoms with Crippen molar-refractivity contribution < 1.29 is 23.9 Å². The Hall–Kier alpha value is -3.90. The summed E-state index contributed by atoms with van der Waals surface area (Å²) in [6, 6.07) is 14.8. The van der Waals surface area contributed by atoms with Crippen molar-refractivity contribution in [2.45, 2.75) is 44.8 Å². The fraction of sp³-hybridized carbons (Fsp3) is 0.385. The molecule has 0 spiro atoms. The van der Waals surface area contributed by atoms with Gasteiger partial charge in [-0.2, -0.15) is 5.26 Å². The zero-order valence-corrected chi connectivity index (χ0v) is 19.7. The summed E-state index contributed by atoms with van der Waals surface area (Å²) in [5, 5.41) is 12.2. The summed E-state index contributed by atoms with van der Waals surface area (Å²) >= 11 is 0. The van der Waals surface area contributed by atoms with E-state index in [9.17, 15) is 19.6 Å². The van der Waals surface area contributed by atoms with Crippen molar-refractivity contribution >= 4 is 17.8 Å². The second-order valence-electron chi connectivity index (χ2n) is 8.22. The van der Waals surface area contributed by atoms with E-state index in [0.717, 1.165) is 12.0 Å². The van der Waals surface area contributed by atoms with Gasteiger partial charge in [0.25, 0.3) is 0 Å². The lowest BCUT2D eigenvalue weighted by atomic mass is 10.0. The summed E-state index contributed by atoms with van der Waals surface area (Å²) in [4.78, 5) is 38.8. The monoisotopic (exact) mass is 478 g/mol. The molecule has 1 aliphatic rings. The minimum Gasteiger partial charge on any atom is -0.482 e. The molecular formula is C26H30N4O5. The van der Waals surface area contributed by atoms with Crippen LogP contribution >= 0.6 is 0 Å². The normalized spacial score (nSPS) is 15.7. The maximum Gasteiger partial charge on any atom is 0.344 e. The topological polar surface area (TPSA) is 135 Å². The van der Waals surface area contributed by atoms with E-state index < -0.39 is 18.1 Å². The van der Waals surface area contributed by atoms with Gasteiger partial charge in [0.2, 0.25) is 11.8 Å². The third kappa shape index (κ3) is 7.04. The van der Waals surface area contributed by atoms with E-state index in [1.165, 1.54) is 0 Å². The highest BCUT2D eigenvalue weighted by Gasteiger charge is 2.36. The number of carbonyl (C=O) groups excluding carboxylic acids is 3. The van der Waals surface area contributed by atoms with Crippen molar-refractivity contribution in [3.8, 4) is 11.8 Å². The molecule has 0 aliphatic carbocycles. The SMILES string of the molecule is CCOC(=O)COc1ccc(CNC(=O)[C@@H]2CCCN2C(=O)[C@@H](N)Cc2ccccc2C#N)cc1. The molecule has 1 heterocycles. The van der Waals surface area contributed by atoms with E-state index >= 15 is 0 Å². The van der Waals surface area contributed by atoms with Gasteiger partial charge in [-0.15, -0.1) is 0 Å². The summed E-state index contributed by atoms with van der Waals surface area (Å²) in [5.41, 5.74) is 8.23. The molecular weight excluding hydrogens is 448 g/mol. The Labute approximate surface area is 204 Å². The molecule has 1 saturated heterocycles. The molecule has 1 aliphatic heterocycles. The number of amides is 2. The van der Waals surface area contributed by atoms with Gasteiger partial charge in [0.05, 0.1) is 24.3 Å². The van der Waals surface area contributed by atoms with Gasteiger partial charge in [0, 0.05) is 13.1 Å². The molecule has 9 nitrogen and oxygen atoms in total. The van der Waals surface area contributed by atoms with Crippen LogP contribution in [-0.2, 0) is 32.1 Å². The van der Waals surface area contributed by atoms with Crippen LogP contribution in [0.1, 0.15) is 36.5 Å². The molecule has 0 unspecified atom stereocenters. The second-order valence-corrected chi connectivity index (χ2v) is 8.22. The zero-order chi connectivity index (χ0) is 25.2. The van der Waals surface area contributed by atoms with Gasteiger partial charge < -0.3 is 25.4 Å². The molecule has 2 aromatic rings. The number of hydrogen-bond acceptors (Lipinski definition) is 7. The maximum atomic E-state index is 13.0. The Morgan fingerprint density at radius 2 is 1.94 bits per heavy atom. The fourth-order valence-electron chi connectivity index (χ4n) is 4.00. The highest BCUT2D eigenvalue weighted by atomic mass is 16.6. The lowest BCUT2D eigenvalue weighted by Gasteiger charge is -2.27. The molecule has 2 atom stereocenters. The van der Waals surface area contributed by atoms with E-state index in [-0.39, 0.29) is 31.4 Å². The Morgan fingerprint density at radius 3 is 2.66 bits per heavy atom. The first kappa shape index (κ1) is 25.7. The number of benzene rings is 2. The Balaban J connectivity index is 1.52. The van der Waals surface area contributed by atoms with Gasteiger partial charge in [-0.3, -0.25) is 9.59 Å². The number of rotatable bonds is 10. The van der Waals surface area contributed by atoms with Gasteiger partial charge in [0.15, 0.2) is 6.61 Å². The van der Waals surface area contributed by atoms with Crippen LogP contribution in [0.15, 0.2) is 48.5 Å². The maximum absolute atomic E-state index is 13.0. The van der Waals surface area contributed by atoms with Crippen molar-refractivity contribution in [1.82, 2.24) is 10.2 Å². The average Bonchev–Trinajstić information content (AvgIpc) is 3.37. The molecule has 0 bridgehead atoms. The quantitative estimate of drug-likeness (QED) is 0.496. The van der Waals surface area contributed by atoms with Crippen LogP contribution in [0.5, 0.6) is 5.75 Å². The zero-order valence-electron chi connectivity index (χ0n) is 19.7. The summed E-state index contributed by atoms with van der Waals surface area (Å²) in [6.07, 6.45) is 1.52. The first-order valence-electron chi connectivity index (χ1n) is 11.6. The first-order chi connectivity index (χ1) is 16.9. The van der Waals surface area contributed by atoms with Crippen molar-refractivity contribution in [1.29, 1.82) is 5.26 Å². The largest absolute Gasteiger partial charge is 0.482 e. The number of carbonyl (C=O) groups is 3. The van der Waals surface area contributed by atoms with Crippen molar-refractivity contribution in [2.24, 2.45) is 5.73 Å². The Morgan fingerprint density at radius 1 is 1.20 bits per heavy atom. The molecule has 0 aromatic heterocycles. The molecule has 1 fully saturated rings. The molecule has 184 valence electrons. The minimum absolute atomic E-state index is 0.167. The number of likely N-dealkylation sites (tertiary alicyclic amines) is 1. The lowest BCUT2D eigenvalue weighted by molar-refractivity contribution is -0.145. The molecule has 3 rings (SSSR count). The highest BCUT2D eigenvalue weighted by molar-refractivity contribution is 5.90. The van der Waals surface area contributed by atoms with Crippen molar-refractivity contribution in [2.75, 3.05) is 19.8 Å². The van der Waals surface area contributed by atoms with Crippen molar-refractivity contribution in [3.63, 3.8) is 0 Å². The number of nitriles is 1. The van der Waals surface area contributed by atoms with Gasteiger partial charge in [-0.25, -0.2) is 4.79 Å². The first-order valence-corrected chi connectivity index (χ1v) is 11.6. The van der Waals surface area contributed by atoms with Gasteiger partial charge >= 0.3 is 5.97 Å². The van der Waals surface area contributed by atoms with E-state index in [1.807, 2.05) is 0 Å². The van der Waals surface area contributed by atoms with Crippen LogP contribution in [0.2, 0.25) is 0 Å². The van der Waals surface area contributed by atoms with Crippen LogP contribution in [0.4, 0.5) is 0 Å². The van der Waals surface area contributed by atoms with Crippen LogP contribution < -0.4 is 15.8 Å². The standard InChI is InChI=1S/C26H30N4O5/c1-2-34-24(31)17-35-21-11-9-18(10-12-21)16-29-25(32)23-8-5-13-30(23)26(33)22(28)14-19-6-3-4-7-20(19)15-27/h3-4,6-7,9-12,22-23H,2,5,8,13-14,16-17,28H2,1H3,(H,29,32)/t22-,23-/m0/s1. The van der Waals surface area contributed by atoms with Crippen LogP contribution in [0.25, 0.3) is 0 Å². The smallest absolute Gasteiger partial charge is 0.344 e. The number of hydrogen-bond donors (Lipinski definition) is 2. The number of ether oxygens (including phenoxy) is 2. The summed E-state index contributed by atoms with van der Waals surface area (Å²) in [7, 11) is 0. The summed E-state index contributed by atoms with van der Waals surface area (Å²) in [6.45, 7) is 2.62. The Bertz CT molecular complexity index is 1080. The lowest BCUT2D eigenvalue weighted by Crippen LogP contribution is -2.51. The van der Waals surface area contributed by atoms with Crippen LogP contribution in [0, 0.1) is 11.3 Å². The van der Waals surface area contributed by atoms with Gasteiger partial charge in [0.1, 0.15) is 11.8 Å². The minimum atomic E-state index is -0.833. The second kappa shape index (κ2) is 12.5. The Kier molecular flexibility index (Phi) is 9.21. The molecule has 0 saturated carbocycles. The number of esters is 1. The number of nitrogens with zero attached hydrogens (tertiary/aromatic N) is 2. The van der Waals surface area contributed by atoms with E-state index in [2.05, 4.69) is 11.4 Å². The predicted molar refractivity (Wildman–Crippen MR) is 128 cm³/mol. The molecule has 3 N–H and O–H groups in total. The molecule has 9 heteroatoms. The average molecular weight is 479 g/mol. The molecule has 2 aromatic carbocycles. The predicted octanol–water partition coefficient (Wildman–Crippen LogP) is 1.68. The molecule has 2 amide bonds. The molecule has 35 heavy (non-hydrogen) atoms. The van der Waals surface area contributed by atoms with Crippen LogP contribution in [0.3, 0.4) is 0 Å².